The van der Waals surface area contributed by atoms with Crippen molar-refractivity contribution in [1.29, 1.82) is 0 Å². The SMILES string of the molecule is Cc1ccncc1-c1cc2c(-c3nc4c(-c5ccccc5F)nccc4[nH]3)n[nH]c2cn1. The number of aromatic nitrogens is 7. The van der Waals surface area contributed by atoms with Crippen LogP contribution in [-0.4, -0.2) is 35.1 Å². The molecular weight excluding hydrogens is 405 g/mol. The molecule has 0 unspecified atom stereocenters. The molecule has 6 rings (SSSR count). The minimum atomic E-state index is -0.343. The molecule has 6 aromatic rings. The summed E-state index contributed by atoms with van der Waals surface area (Å²) in [6.45, 7) is 2.02. The average Bonchev–Trinajstić information content (AvgIpc) is 3.43. The molecule has 0 spiro atoms. The van der Waals surface area contributed by atoms with Gasteiger partial charge in [-0.05, 0) is 42.8 Å². The van der Waals surface area contributed by atoms with Crippen LogP contribution in [0.2, 0.25) is 0 Å². The van der Waals surface area contributed by atoms with Gasteiger partial charge in [-0.1, -0.05) is 12.1 Å². The Morgan fingerprint density at radius 2 is 1.78 bits per heavy atom. The van der Waals surface area contributed by atoms with Crippen molar-refractivity contribution >= 4 is 21.9 Å². The molecule has 2 N–H and O–H groups in total. The van der Waals surface area contributed by atoms with E-state index < -0.39 is 0 Å². The van der Waals surface area contributed by atoms with E-state index in [1.165, 1.54) is 6.07 Å². The van der Waals surface area contributed by atoms with Crippen LogP contribution in [0.15, 0.2) is 67.3 Å². The molecule has 1 aromatic carbocycles. The van der Waals surface area contributed by atoms with Gasteiger partial charge in [-0.25, -0.2) is 9.37 Å². The van der Waals surface area contributed by atoms with Crippen LogP contribution >= 0.6 is 0 Å². The number of fused-ring (bicyclic) bond motifs is 2. The third-order valence-corrected chi connectivity index (χ3v) is 5.52. The fraction of sp³-hybridized carbons (Fsp3) is 0.0417. The maximum Gasteiger partial charge on any atom is 0.159 e. The zero-order valence-corrected chi connectivity index (χ0v) is 17.0. The number of nitrogens with one attached hydrogen (secondary N) is 2. The number of aromatic amines is 2. The number of H-pyrrole nitrogens is 2. The highest BCUT2D eigenvalue weighted by Gasteiger charge is 2.18. The van der Waals surface area contributed by atoms with Crippen molar-refractivity contribution in [3.8, 4) is 34.0 Å². The number of hydrogen-bond donors (Lipinski definition) is 2. The molecule has 5 heterocycles. The highest BCUT2D eigenvalue weighted by Crippen LogP contribution is 2.32. The van der Waals surface area contributed by atoms with Crippen molar-refractivity contribution in [2.45, 2.75) is 6.92 Å². The predicted molar refractivity (Wildman–Crippen MR) is 120 cm³/mol. The molecule has 5 aromatic heterocycles. The zero-order valence-electron chi connectivity index (χ0n) is 17.0. The Morgan fingerprint density at radius 3 is 2.66 bits per heavy atom. The Bertz CT molecular complexity index is 1620. The van der Waals surface area contributed by atoms with Crippen LogP contribution in [0.3, 0.4) is 0 Å². The molecule has 0 fully saturated rings. The second-order valence-electron chi connectivity index (χ2n) is 7.50. The number of benzene rings is 1. The van der Waals surface area contributed by atoms with E-state index in [0.29, 0.717) is 28.3 Å². The van der Waals surface area contributed by atoms with Crippen molar-refractivity contribution in [3.05, 3.63) is 78.6 Å². The van der Waals surface area contributed by atoms with E-state index in [9.17, 15) is 4.39 Å². The fourth-order valence-electron chi connectivity index (χ4n) is 3.87. The number of hydrogen-bond acceptors (Lipinski definition) is 5. The smallest absolute Gasteiger partial charge is 0.159 e. The highest BCUT2D eigenvalue weighted by atomic mass is 19.1. The Hall–Kier alpha value is -4.46. The largest absolute Gasteiger partial charge is 0.336 e. The van der Waals surface area contributed by atoms with E-state index in [1.807, 2.05) is 25.1 Å². The minimum absolute atomic E-state index is 0.343. The van der Waals surface area contributed by atoms with Gasteiger partial charge in [-0.3, -0.25) is 20.1 Å². The molecule has 0 radical (unpaired) electrons. The standard InChI is InChI=1S/C24H16FN7/c1-13-6-8-26-11-16(13)19-10-15-20(12-28-19)31-32-22(15)24-29-18-7-9-27-21(23(18)30-24)14-4-2-3-5-17(14)25/h2-12H,1H3,(H,29,30)(H,31,32). The quantitative estimate of drug-likeness (QED) is 0.416. The molecule has 0 aliphatic rings. The van der Waals surface area contributed by atoms with Crippen LogP contribution < -0.4 is 0 Å². The summed E-state index contributed by atoms with van der Waals surface area (Å²) < 4.78 is 14.4. The molecule has 8 heteroatoms. The van der Waals surface area contributed by atoms with Crippen LogP contribution in [0.5, 0.6) is 0 Å². The molecule has 0 aliphatic carbocycles. The first-order valence-electron chi connectivity index (χ1n) is 10.0. The first kappa shape index (κ1) is 18.3. The zero-order chi connectivity index (χ0) is 21.7. The molecule has 0 bridgehead atoms. The number of aryl methyl sites for hydroxylation is 1. The van der Waals surface area contributed by atoms with Crippen LogP contribution in [0, 0.1) is 12.7 Å². The van der Waals surface area contributed by atoms with Crippen LogP contribution in [0.25, 0.3) is 56.0 Å². The van der Waals surface area contributed by atoms with E-state index >= 15 is 0 Å². The second-order valence-corrected chi connectivity index (χ2v) is 7.50. The summed E-state index contributed by atoms with van der Waals surface area (Å²) >= 11 is 0. The Labute approximate surface area is 181 Å². The lowest BCUT2D eigenvalue weighted by Gasteiger charge is -2.04. The topological polar surface area (TPSA) is 96.0 Å². The number of rotatable bonds is 3. The summed E-state index contributed by atoms with van der Waals surface area (Å²) in [6.07, 6.45) is 6.96. The van der Waals surface area contributed by atoms with E-state index in [1.54, 1.807) is 43.0 Å². The molecule has 0 atom stereocenters. The lowest BCUT2D eigenvalue weighted by molar-refractivity contribution is 0.631. The fourth-order valence-corrected chi connectivity index (χ4v) is 3.87. The van der Waals surface area contributed by atoms with Gasteiger partial charge in [0, 0.05) is 35.1 Å². The third kappa shape index (κ3) is 2.84. The summed E-state index contributed by atoms with van der Waals surface area (Å²) in [5, 5.41) is 8.36. The lowest BCUT2D eigenvalue weighted by Crippen LogP contribution is -1.89. The maximum absolute atomic E-state index is 14.4. The number of imidazole rings is 1. The predicted octanol–water partition coefficient (Wildman–Crippen LogP) is 5.07. The van der Waals surface area contributed by atoms with Gasteiger partial charge >= 0.3 is 0 Å². The molecule has 0 aliphatic heterocycles. The van der Waals surface area contributed by atoms with Crippen LogP contribution in [0.1, 0.15) is 5.56 Å². The van der Waals surface area contributed by atoms with Crippen LogP contribution in [0.4, 0.5) is 4.39 Å². The van der Waals surface area contributed by atoms with Gasteiger partial charge in [0.25, 0.3) is 0 Å². The van der Waals surface area contributed by atoms with Crippen LogP contribution in [-0.2, 0) is 0 Å². The number of pyridine rings is 3. The number of nitrogens with zero attached hydrogens (tertiary/aromatic N) is 5. The lowest BCUT2D eigenvalue weighted by atomic mass is 10.1. The summed E-state index contributed by atoms with van der Waals surface area (Å²) in [7, 11) is 0. The Kier molecular flexibility index (Phi) is 4.04. The van der Waals surface area contributed by atoms with Crippen molar-refractivity contribution in [2.75, 3.05) is 0 Å². The molecule has 0 amide bonds. The van der Waals surface area contributed by atoms with Gasteiger partial charge in [-0.2, -0.15) is 5.10 Å². The maximum atomic E-state index is 14.4. The molecular formula is C24H16FN7. The molecule has 0 saturated carbocycles. The summed E-state index contributed by atoms with van der Waals surface area (Å²) in [5.74, 6) is 0.224. The minimum Gasteiger partial charge on any atom is -0.336 e. The second kappa shape index (κ2) is 7.05. The van der Waals surface area contributed by atoms with Gasteiger partial charge in [-0.15, -0.1) is 0 Å². The van der Waals surface area contributed by atoms with Gasteiger partial charge in [0.1, 0.15) is 22.7 Å². The average molecular weight is 421 g/mol. The van der Waals surface area contributed by atoms with Gasteiger partial charge in [0.05, 0.1) is 22.9 Å². The van der Waals surface area contributed by atoms with Crippen molar-refractivity contribution in [3.63, 3.8) is 0 Å². The van der Waals surface area contributed by atoms with Gasteiger partial charge < -0.3 is 4.98 Å². The first-order chi connectivity index (χ1) is 15.7. The van der Waals surface area contributed by atoms with E-state index in [4.69, 9.17) is 4.98 Å². The van der Waals surface area contributed by atoms with E-state index in [0.717, 1.165) is 33.2 Å². The van der Waals surface area contributed by atoms with Gasteiger partial charge in [0.2, 0.25) is 0 Å². The molecule has 0 saturated heterocycles. The number of halogens is 1. The van der Waals surface area contributed by atoms with Crippen molar-refractivity contribution in [1.82, 2.24) is 35.1 Å². The van der Waals surface area contributed by atoms with E-state index in [2.05, 4.69) is 30.1 Å². The van der Waals surface area contributed by atoms with E-state index in [-0.39, 0.29) is 5.82 Å². The monoisotopic (exact) mass is 421 g/mol. The highest BCUT2D eigenvalue weighted by molar-refractivity contribution is 5.96. The molecule has 32 heavy (non-hydrogen) atoms. The van der Waals surface area contributed by atoms with Crippen molar-refractivity contribution < 1.29 is 4.39 Å². The molecule has 154 valence electrons. The normalized spacial score (nSPS) is 11.4. The molecule has 7 nitrogen and oxygen atoms in total. The first-order valence-corrected chi connectivity index (χ1v) is 10.0. The summed E-state index contributed by atoms with van der Waals surface area (Å²) in [6, 6.07) is 12.3. The third-order valence-electron chi connectivity index (χ3n) is 5.52. The Morgan fingerprint density at radius 1 is 0.875 bits per heavy atom. The van der Waals surface area contributed by atoms with Crippen molar-refractivity contribution in [2.24, 2.45) is 0 Å². The summed E-state index contributed by atoms with van der Waals surface area (Å²) in [5.41, 5.74) is 6.51. The summed E-state index contributed by atoms with van der Waals surface area (Å²) in [4.78, 5) is 21.2. The van der Waals surface area contributed by atoms with Gasteiger partial charge in [0.15, 0.2) is 5.82 Å². The Balaban J connectivity index is 1.53.